The molecule has 80 valence electrons. The van der Waals surface area contributed by atoms with Crippen molar-refractivity contribution in [2.24, 2.45) is 5.92 Å². The molecular formula is C12H19BrS. The predicted octanol–water partition coefficient (Wildman–Crippen LogP) is 5.27. The van der Waals surface area contributed by atoms with E-state index in [1.54, 1.807) is 0 Å². The number of halogens is 1. The molecule has 1 aromatic rings. The summed E-state index contributed by atoms with van der Waals surface area (Å²) in [5.41, 5.74) is 0. The lowest BCUT2D eigenvalue weighted by Gasteiger charge is -2.13. The van der Waals surface area contributed by atoms with Gasteiger partial charge in [-0.05, 0) is 39.7 Å². The first kappa shape index (κ1) is 12.3. The van der Waals surface area contributed by atoms with Gasteiger partial charge in [0, 0.05) is 9.35 Å². The number of unbranched alkanes of at least 4 members (excludes halogenated alkanes) is 1. The highest BCUT2D eigenvalue weighted by Crippen LogP contribution is 2.28. The van der Waals surface area contributed by atoms with Gasteiger partial charge in [0.15, 0.2) is 0 Å². The van der Waals surface area contributed by atoms with Gasteiger partial charge in [-0.3, -0.25) is 0 Å². The van der Waals surface area contributed by atoms with Crippen LogP contribution in [0.5, 0.6) is 0 Å². The topological polar surface area (TPSA) is 0 Å². The maximum absolute atomic E-state index is 3.60. The van der Waals surface area contributed by atoms with Crippen LogP contribution in [0.3, 0.4) is 0 Å². The van der Waals surface area contributed by atoms with E-state index in [-0.39, 0.29) is 0 Å². The average molecular weight is 275 g/mol. The molecule has 1 unspecified atom stereocenters. The third-order valence-corrected chi connectivity index (χ3v) is 4.66. The van der Waals surface area contributed by atoms with Crippen molar-refractivity contribution in [1.82, 2.24) is 0 Å². The van der Waals surface area contributed by atoms with E-state index in [9.17, 15) is 0 Å². The zero-order valence-corrected chi connectivity index (χ0v) is 11.5. The van der Waals surface area contributed by atoms with Crippen LogP contribution >= 0.6 is 27.3 Å². The van der Waals surface area contributed by atoms with Gasteiger partial charge in [-0.1, -0.05) is 39.5 Å². The molecule has 0 radical (unpaired) electrons. The van der Waals surface area contributed by atoms with Crippen LogP contribution in [-0.2, 0) is 6.42 Å². The molecule has 1 atom stereocenters. The molecule has 0 aliphatic rings. The second-order valence-electron chi connectivity index (χ2n) is 3.81. The molecule has 2 heteroatoms. The molecule has 0 bridgehead atoms. The smallest absolute Gasteiger partial charge is 0.0314 e. The van der Waals surface area contributed by atoms with Crippen molar-refractivity contribution in [1.29, 1.82) is 0 Å². The van der Waals surface area contributed by atoms with Gasteiger partial charge in [0.2, 0.25) is 0 Å². The third-order valence-electron chi connectivity index (χ3n) is 2.71. The molecule has 0 amide bonds. The molecule has 1 rings (SSSR count). The molecule has 1 aromatic heterocycles. The number of rotatable bonds is 6. The van der Waals surface area contributed by atoms with Crippen LogP contribution in [0.25, 0.3) is 0 Å². The highest BCUT2D eigenvalue weighted by molar-refractivity contribution is 9.10. The molecule has 0 nitrogen and oxygen atoms in total. The zero-order valence-electron chi connectivity index (χ0n) is 9.05. The summed E-state index contributed by atoms with van der Waals surface area (Å²) in [5, 5.41) is 2.17. The lowest BCUT2D eigenvalue weighted by atomic mass is 9.95. The van der Waals surface area contributed by atoms with E-state index in [2.05, 4.69) is 41.2 Å². The lowest BCUT2D eigenvalue weighted by molar-refractivity contribution is 0.451. The van der Waals surface area contributed by atoms with Crippen LogP contribution in [0.4, 0.5) is 0 Å². The zero-order chi connectivity index (χ0) is 10.4. The Labute approximate surface area is 99.9 Å². The molecule has 0 saturated heterocycles. The van der Waals surface area contributed by atoms with Crippen molar-refractivity contribution >= 4 is 27.3 Å². The monoisotopic (exact) mass is 274 g/mol. The van der Waals surface area contributed by atoms with E-state index in [1.165, 1.54) is 41.5 Å². The summed E-state index contributed by atoms with van der Waals surface area (Å²) in [4.78, 5) is 1.52. The molecule has 0 fully saturated rings. The summed E-state index contributed by atoms with van der Waals surface area (Å²) < 4.78 is 1.30. The van der Waals surface area contributed by atoms with Gasteiger partial charge in [0.05, 0.1) is 0 Å². The SMILES string of the molecule is CCCCC(CC)Cc1sccc1Br. The van der Waals surface area contributed by atoms with E-state index < -0.39 is 0 Å². The van der Waals surface area contributed by atoms with Crippen molar-refractivity contribution < 1.29 is 0 Å². The molecule has 0 saturated carbocycles. The molecule has 0 spiro atoms. The molecule has 0 aliphatic heterocycles. The van der Waals surface area contributed by atoms with E-state index in [0.29, 0.717) is 0 Å². The summed E-state index contributed by atoms with van der Waals surface area (Å²) >= 11 is 5.48. The molecule has 14 heavy (non-hydrogen) atoms. The first-order valence-electron chi connectivity index (χ1n) is 5.49. The summed E-state index contributed by atoms with van der Waals surface area (Å²) in [6, 6.07) is 2.16. The van der Waals surface area contributed by atoms with E-state index in [0.717, 1.165) is 5.92 Å². The molecular weight excluding hydrogens is 256 g/mol. The second kappa shape index (κ2) is 6.62. The van der Waals surface area contributed by atoms with Crippen molar-refractivity contribution in [2.75, 3.05) is 0 Å². The highest BCUT2D eigenvalue weighted by atomic mass is 79.9. The minimum atomic E-state index is 0.880. The van der Waals surface area contributed by atoms with Crippen molar-refractivity contribution in [3.05, 3.63) is 20.8 Å². The quantitative estimate of drug-likeness (QED) is 0.663. The first-order chi connectivity index (χ1) is 6.77. The average Bonchev–Trinajstić information content (AvgIpc) is 2.59. The Morgan fingerprint density at radius 3 is 2.71 bits per heavy atom. The fourth-order valence-electron chi connectivity index (χ4n) is 1.68. The third kappa shape index (κ3) is 3.74. The number of thiophene rings is 1. The Morgan fingerprint density at radius 2 is 2.21 bits per heavy atom. The van der Waals surface area contributed by atoms with Gasteiger partial charge >= 0.3 is 0 Å². The molecule has 0 aromatic carbocycles. The van der Waals surface area contributed by atoms with Crippen molar-refractivity contribution in [2.45, 2.75) is 46.0 Å². The molecule has 0 N–H and O–H groups in total. The van der Waals surface area contributed by atoms with Crippen LogP contribution < -0.4 is 0 Å². The van der Waals surface area contributed by atoms with Crippen LogP contribution in [0, 0.1) is 5.92 Å². The van der Waals surface area contributed by atoms with Crippen molar-refractivity contribution in [3.63, 3.8) is 0 Å². The predicted molar refractivity (Wildman–Crippen MR) is 69.0 cm³/mol. The maximum atomic E-state index is 3.60. The van der Waals surface area contributed by atoms with Crippen molar-refractivity contribution in [3.8, 4) is 0 Å². The Hall–Kier alpha value is 0.180. The van der Waals surface area contributed by atoms with Crippen LogP contribution in [0.15, 0.2) is 15.9 Å². The minimum absolute atomic E-state index is 0.880. The standard InChI is InChI=1S/C12H19BrS/c1-3-5-6-10(4-2)9-12-11(13)7-8-14-12/h7-8,10H,3-6,9H2,1-2H3. The van der Waals surface area contributed by atoms with Gasteiger partial charge in [-0.15, -0.1) is 11.3 Å². The summed E-state index contributed by atoms with van der Waals surface area (Å²) in [7, 11) is 0. The van der Waals surface area contributed by atoms with Gasteiger partial charge in [0.25, 0.3) is 0 Å². The van der Waals surface area contributed by atoms with E-state index in [4.69, 9.17) is 0 Å². The van der Waals surface area contributed by atoms with Crippen LogP contribution in [-0.4, -0.2) is 0 Å². The Morgan fingerprint density at radius 1 is 1.43 bits per heavy atom. The Kier molecular flexibility index (Phi) is 5.80. The van der Waals surface area contributed by atoms with Crippen LogP contribution in [0.1, 0.15) is 44.4 Å². The fourth-order valence-corrected chi connectivity index (χ4v) is 3.31. The van der Waals surface area contributed by atoms with E-state index >= 15 is 0 Å². The molecule has 1 heterocycles. The second-order valence-corrected chi connectivity index (χ2v) is 5.67. The van der Waals surface area contributed by atoms with E-state index in [1.807, 2.05) is 11.3 Å². The summed E-state index contributed by atoms with van der Waals surface area (Å²) in [6.45, 7) is 4.58. The summed E-state index contributed by atoms with van der Waals surface area (Å²) in [6.07, 6.45) is 6.65. The largest absolute Gasteiger partial charge is 0.148 e. The minimum Gasteiger partial charge on any atom is -0.148 e. The Bertz CT molecular complexity index is 255. The van der Waals surface area contributed by atoms with Gasteiger partial charge in [0.1, 0.15) is 0 Å². The lowest BCUT2D eigenvalue weighted by Crippen LogP contribution is -2.02. The number of hydrogen-bond donors (Lipinski definition) is 0. The normalized spacial score (nSPS) is 13.1. The van der Waals surface area contributed by atoms with Gasteiger partial charge in [-0.2, -0.15) is 0 Å². The first-order valence-corrected chi connectivity index (χ1v) is 7.17. The van der Waals surface area contributed by atoms with Gasteiger partial charge in [-0.25, -0.2) is 0 Å². The fraction of sp³-hybridized carbons (Fsp3) is 0.667. The Balaban J connectivity index is 2.44. The van der Waals surface area contributed by atoms with Crippen LogP contribution in [0.2, 0.25) is 0 Å². The number of hydrogen-bond acceptors (Lipinski definition) is 1. The highest BCUT2D eigenvalue weighted by Gasteiger charge is 2.10. The van der Waals surface area contributed by atoms with Gasteiger partial charge < -0.3 is 0 Å². The molecule has 0 aliphatic carbocycles. The summed E-state index contributed by atoms with van der Waals surface area (Å²) in [5.74, 6) is 0.880. The maximum Gasteiger partial charge on any atom is 0.0314 e.